The number of hydrogen-bond donors (Lipinski definition) is 1. The molecular formula is C23H30O7. The first kappa shape index (κ1) is 21.2. The number of ether oxygens (including phenoxy) is 2. The van der Waals surface area contributed by atoms with Gasteiger partial charge in [0, 0.05) is 24.2 Å². The summed E-state index contributed by atoms with van der Waals surface area (Å²) in [6.45, 7) is 3.20. The highest BCUT2D eigenvalue weighted by Crippen LogP contribution is 2.67. The van der Waals surface area contributed by atoms with Crippen LogP contribution in [0.5, 0.6) is 0 Å². The lowest BCUT2D eigenvalue weighted by Gasteiger charge is -2.57. The molecule has 0 saturated heterocycles. The molecule has 6 atom stereocenters. The minimum atomic E-state index is -1.56. The molecule has 3 fully saturated rings. The van der Waals surface area contributed by atoms with Crippen molar-refractivity contribution in [2.24, 2.45) is 28.6 Å². The zero-order valence-corrected chi connectivity index (χ0v) is 17.9. The average molecular weight is 418 g/mol. The van der Waals surface area contributed by atoms with Crippen LogP contribution in [0, 0.1) is 28.6 Å². The highest BCUT2D eigenvalue weighted by molar-refractivity contribution is 5.95. The SMILES string of the molecule is COC(=O)O[C@]1(C(=O)CO)CC[C@H]2[C@@H]3CCC4=CC(=O)CC[C@]4(C)[C@H]3C(=O)C[C@@]21C. The zero-order valence-electron chi connectivity index (χ0n) is 17.9. The first-order valence-electron chi connectivity index (χ1n) is 10.8. The molecule has 4 aliphatic carbocycles. The number of allylic oxidation sites excluding steroid dienone is 1. The number of carbonyl (C=O) groups excluding carboxylic acids is 4. The highest BCUT2D eigenvalue weighted by atomic mass is 16.7. The van der Waals surface area contributed by atoms with Crippen molar-refractivity contribution in [3.05, 3.63) is 11.6 Å². The molecule has 1 N–H and O–H groups in total. The van der Waals surface area contributed by atoms with E-state index in [1.54, 1.807) is 6.08 Å². The Hall–Kier alpha value is -2.02. The van der Waals surface area contributed by atoms with E-state index in [9.17, 15) is 24.3 Å². The fourth-order valence-corrected chi connectivity index (χ4v) is 7.37. The molecule has 164 valence electrons. The second kappa shape index (κ2) is 7.01. The second-order valence-corrected chi connectivity index (χ2v) is 9.90. The topological polar surface area (TPSA) is 107 Å². The van der Waals surface area contributed by atoms with E-state index in [2.05, 4.69) is 11.7 Å². The maximum atomic E-state index is 13.6. The van der Waals surface area contributed by atoms with E-state index in [4.69, 9.17) is 4.74 Å². The highest BCUT2D eigenvalue weighted by Gasteiger charge is 2.70. The van der Waals surface area contributed by atoms with Gasteiger partial charge in [0.1, 0.15) is 12.4 Å². The van der Waals surface area contributed by atoms with Crippen LogP contribution in [0.3, 0.4) is 0 Å². The van der Waals surface area contributed by atoms with Gasteiger partial charge in [-0.2, -0.15) is 0 Å². The molecule has 7 nitrogen and oxygen atoms in total. The molecule has 4 aliphatic rings. The van der Waals surface area contributed by atoms with Crippen LogP contribution in [0.2, 0.25) is 0 Å². The molecular weight excluding hydrogens is 388 g/mol. The summed E-state index contributed by atoms with van der Waals surface area (Å²) >= 11 is 0. The van der Waals surface area contributed by atoms with E-state index in [-0.39, 0.29) is 47.6 Å². The van der Waals surface area contributed by atoms with Gasteiger partial charge >= 0.3 is 6.16 Å². The summed E-state index contributed by atoms with van der Waals surface area (Å²) in [7, 11) is 1.18. The molecule has 0 unspecified atom stereocenters. The van der Waals surface area contributed by atoms with Gasteiger partial charge in [-0.3, -0.25) is 14.4 Å². The van der Waals surface area contributed by atoms with E-state index in [0.29, 0.717) is 19.3 Å². The maximum absolute atomic E-state index is 13.6. The molecule has 0 aromatic rings. The van der Waals surface area contributed by atoms with Crippen molar-refractivity contribution in [1.82, 2.24) is 0 Å². The zero-order chi connectivity index (χ0) is 21.9. The molecule has 0 spiro atoms. The lowest BCUT2D eigenvalue weighted by molar-refractivity contribution is -0.174. The Morgan fingerprint density at radius 3 is 2.57 bits per heavy atom. The second-order valence-electron chi connectivity index (χ2n) is 9.90. The van der Waals surface area contributed by atoms with Gasteiger partial charge in [0.05, 0.1) is 7.11 Å². The van der Waals surface area contributed by atoms with Gasteiger partial charge < -0.3 is 14.6 Å². The molecule has 0 heterocycles. The van der Waals surface area contributed by atoms with Crippen LogP contribution < -0.4 is 0 Å². The van der Waals surface area contributed by atoms with Crippen LogP contribution >= 0.6 is 0 Å². The number of Topliss-reactive ketones (excluding diaryl/α,β-unsaturated/α-hetero) is 2. The number of methoxy groups -OCH3 is 1. The van der Waals surface area contributed by atoms with Gasteiger partial charge in [0.2, 0.25) is 5.78 Å². The van der Waals surface area contributed by atoms with Crippen molar-refractivity contribution >= 4 is 23.5 Å². The Balaban J connectivity index is 1.76. The summed E-state index contributed by atoms with van der Waals surface area (Å²) in [5.74, 6) is -0.505. The van der Waals surface area contributed by atoms with Crippen molar-refractivity contribution in [3.63, 3.8) is 0 Å². The smallest absolute Gasteiger partial charge is 0.438 e. The minimum absolute atomic E-state index is 0.0105. The first-order chi connectivity index (χ1) is 14.1. The Morgan fingerprint density at radius 1 is 1.17 bits per heavy atom. The van der Waals surface area contributed by atoms with Gasteiger partial charge in [-0.05, 0) is 55.4 Å². The Kier molecular flexibility index (Phi) is 4.96. The van der Waals surface area contributed by atoms with Crippen molar-refractivity contribution in [1.29, 1.82) is 0 Å². The Labute approximate surface area is 176 Å². The fraction of sp³-hybridized carbons (Fsp3) is 0.739. The van der Waals surface area contributed by atoms with Crippen molar-refractivity contribution < 1.29 is 33.8 Å². The monoisotopic (exact) mass is 418 g/mol. The molecule has 0 bridgehead atoms. The summed E-state index contributed by atoms with van der Waals surface area (Å²) < 4.78 is 10.2. The molecule has 0 amide bonds. The summed E-state index contributed by atoms with van der Waals surface area (Å²) in [5.41, 5.74) is -1.69. The summed E-state index contributed by atoms with van der Waals surface area (Å²) in [5, 5.41) is 9.66. The van der Waals surface area contributed by atoms with Crippen LogP contribution in [-0.2, 0) is 23.9 Å². The first-order valence-corrected chi connectivity index (χ1v) is 10.8. The van der Waals surface area contributed by atoms with Crippen molar-refractivity contribution in [2.75, 3.05) is 13.7 Å². The third-order valence-electron chi connectivity index (χ3n) is 8.79. The normalized spacial score (nSPS) is 42.5. The summed E-state index contributed by atoms with van der Waals surface area (Å²) in [6.07, 6.45) is 4.46. The number of fused-ring (bicyclic) bond motifs is 5. The molecule has 4 rings (SSSR count). The van der Waals surface area contributed by atoms with Gasteiger partial charge in [0.25, 0.3) is 0 Å². The lowest BCUT2D eigenvalue weighted by atomic mass is 9.46. The molecule has 0 radical (unpaired) electrons. The van der Waals surface area contributed by atoms with Crippen molar-refractivity contribution in [2.45, 2.75) is 64.4 Å². The van der Waals surface area contributed by atoms with E-state index in [0.717, 1.165) is 18.4 Å². The predicted octanol–water partition coefficient (Wildman–Crippen LogP) is 2.78. The third kappa shape index (κ3) is 2.67. The number of hydrogen-bond acceptors (Lipinski definition) is 7. The third-order valence-corrected chi connectivity index (χ3v) is 8.79. The van der Waals surface area contributed by atoms with Crippen LogP contribution in [0.25, 0.3) is 0 Å². The van der Waals surface area contributed by atoms with Crippen LogP contribution in [0.1, 0.15) is 58.8 Å². The Bertz CT molecular complexity index is 844. The molecule has 0 aromatic heterocycles. The van der Waals surface area contributed by atoms with Gasteiger partial charge in [0.15, 0.2) is 11.4 Å². The standard InChI is InChI=1S/C23H30O7/c1-21-8-6-14(25)10-13(21)4-5-15-16-7-9-23(18(27)12-24,30-20(28)29-3)22(16,2)11-17(26)19(15)21/h10,15-16,19,24H,4-9,11-12H2,1-3H3/t15-,16-,19+,21-,22-,23-/m0/s1. The number of aliphatic hydroxyl groups is 1. The molecule has 0 aliphatic heterocycles. The quantitative estimate of drug-likeness (QED) is 0.702. The van der Waals surface area contributed by atoms with E-state index in [1.165, 1.54) is 7.11 Å². The fourth-order valence-electron chi connectivity index (χ4n) is 7.37. The van der Waals surface area contributed by atoms with Gasteiger partial charge in [-0.25, -0.2) is 4.79 Å². The van der Waals surface area contributed by atoms with E-state index >= 15 is 0 Å². The van der Waals surface area contributed by atoms with Gasteiger partial charge in [-0.15, -0.1) is 0 Å². The number of rotatable bonds is 3. The molecule has 30 heavy (non-hydrogen) atoms. The predicted molar refractivity (Wildman–Crippen MR) is 105 cm³/mol. The van der Waals surface area contributed by atoms with Crippen molar-refractivity contribution in [3.8, 4) is 0 Å². The Morgan fingerprint density at radius 2 is 1.90 bits per heavy atom. The number of carbonyl (C=O) groups is 4. The summed E-state index contributed by atoms with van der Waals surface area (Å²) in [4.78, 5) is 50.5. The molecule has 3 saturated carbocycles. The van der Waals surface area contributed by atoms with E-state index in [1.807, 2.05) is 6.92 Å². The molecule has 0 aromatic carbocycles. The molecule has 7 heteroatoms. The van der Waals surface area contributed by atoms with Crippen LogP contribution in [0.4, 0.5) is 4.79 Å². The number of aliphatic hydroxyl groups excluding tert-OH is 1. The minimum Gasteiger partial charge on any atom is -0.438 e. The summed E-state index contributed by atoms with van der Waals surface area (Å²) in [6, 6.07) is 0. The van der Waals surface area contributed by atoms with Gasteiger partial charge in [-0.1, -0.05) is 19.4 Å². The van der Waals surface area contributed by atoms with Crippen LogP contribution in [-0.4, -0.2) is 47.9 Å². The average Bonchev–Trinajstić information content (AvgIpc) is 3.00. The maximum Gasteiger partial charge on any atom is 0.509 e. The lowest BCUT2D eigenvalue weighted by Crippen LogP contribution is -2.62. The largest absolute Gasteiger partial charge is 0.509 e. The van der Waals surface area contributed by atoms with Crippen LogP contribution in [0.15, 0.2) is 11.6 Å². The number of ketones is 3. The van der Waals surface area contributed by atoms with E-state index < -0.39 is 29.6 Å².